The van der Waals surface area contributed by atoms with Gasteiger partial charge in [0.25, 0.3) is 0 Å². The topological polar surface area (TPSA) is 74.6 Å². The van der Waals surface area contributed by atoms with Crippen molar-refractivity contribution in [1.29, 1.82) is 0 Å². The van der Waals surface area contributed by atoms with E-state index in [1.807, 2.05) is 6.92 Å². The molecule has 8 atom stereocenters. The van der Waals surface area contributed by atoms with Gasteiger partial charge in [0.05, 0.1) is 6.10 Å². The molecule has 4 fully saturated rings. The number of aliphatic hydroxyl groups excluding tert-OH is 2. The molecule has 0 aromatic carbocycles. The lowest BCUT2D eigenvalue weighted by atomic mass is 9.42. The summed E-state index contributed by atoms with van der Waals surface area (Å²) in [6.07, 6.45) is 5.22. The van der Waals surface area contributed by atoms with Gasteiger partial charge in [-0.1, -0.05) is 13.8 Å². The minimum absolute atomic E-state index is 0.0142. The summed E-state index contributed by atoms with van der Waals surface area (Å²) in [6, 6.07) is 0. The van der Waals surface area contributed by atoms with E-state index in [2.05, 4.69) is 6.92 Å². The minimum Gasteiger partial charge on any atom is -0.393 e. The van der Waals surface area contributed by atoms with Crippen molar-refractivity contribution < 1.29 is 19.8 Å². The molecular formula is C20H30O4. The normalized spacial score (nSPS) is 54.7. The van der Waals surface area contributed by atoms with Gasteiger partial charge in [0.15, 0.2) is 5.78 Å². The number of ketones is 2. The molecule has 4 aliphatic carbocycles. The summed E-state index contributed by atoms with van der Waals surface area (Å²) in [7, 11) is 0. The van der Waals surface area contributed by atoms with Crippen LogP contribution in [0.25, 0.3) is 0 Å². The van der Waals surface area contributed by atoms with Crippen LogP contribution >= 0.6 is 0 Å². The van der Waals surface area contributed by atoms with Gasteiger partial charge in [0.2, 0.25) is 0 Å². The van der Waals surface area contributed by atoms with Gasteiger partial charge in [-0.15, -0.1) is 0 Å². The van der Waals surface area contributed by atoms with Crippen molar-refractivity contribution in [2.45, 2.75) is 77.4 Å². The lowest BCUT2D eigenvalue weighted by molar-refractivity contribution is -0.176. The van der Waals surface area contributed by atoms with E-state index in [0.717, 1.165) is 38.5 Å². The Morgan fingerprint density at radius 2 is 1.75 bits per heavy atom. The summed E-state index contributed by atoms with van der Waals surface area (Å²) in [5, 5.41) is 20.1. The number of Topliss-reactive ketones (excluding diaryl/α,β-unsaturated/α-hetero) is 2. The van der Waals surface area contributed by atoms with Gasteiger partial charge in [-0.3, -0.25) is 9.59 Å². The molecule has 2 N–H and O–H groups in total. The van der Waals surface area contributed by atoms with Crippen LogP contribution < -0.4 is 0 Å². The molecule has 0 saturated heterocycles. The highest BCUT2D eigenvalue weighted by molar-refractivity contribution is 5.96. The fourth-order valence-corrected chi connectivity index (χ4v) is 7.07. The van der Waals surface area contributed by atoms with Gasteiger partial charge in [-0.2, -0.15) is 0 Å². The number of aliphatic hydroxyl groups is 2. The van der Waals surface area contributed by atoms with Crippen molar-refractivity contribution in [2.24, 2.45) is 34.5 Å². The van der Waals surface area contributed by atoms with E-state index in [9.17, 15) is 19.8 Å². The Kier molecular flexibility index (Phi) is 3.74. The SMILES string of the molecule is C[C@]12CC[C@@H](O)C[C@@H]1CC[C@H]1[C@H]3CC[C@H](O)C(=O)[C@]3(C)CC(=O)[C@@H]12. The number of carbonyl (C=O) groups is 2. The van der Waals surface area contributed by atoms with E-state index in [1.165, 1.54) is 0 Å². The molecule has 0 amide bonds. The smallest absolute Gasteiger partial charge is 0.167 e. The molecule has 4 heteroatoms. The van der Waals surface area contributed by atoms with Gasteiger partial charge >= 0.3 is 0 Å². The third-order valence-electron chi connectivity index (χ3n) is 8.33. The number of rotatable bonds is 0. The molecule has 0 unspecified atom stereocenters. The van der Waals surface area contributed by atoms with E-state index in [0.29, 0.717) is 18.8 Å². The zero-order valence-electron chi connectivity index (χ0n) is 14.8. The van der Waals surface area contributed by atoms with Crippen molar-refractivity contribution in [3.63, 3.8) is 0 Å². The molecule has 4 rings (SSSR count). The van der Waals surface area contributed by atoms with E-state index >= 15 is 0 Å². The van der Waals surface area contributed by atoms with Gasteiger partial charge < -0.3 is 10.2 Å². The van der Waals surface area contributed by atoms with E-state index in [1.54, 1.807) is 0 Å². The highest BCUT2D eigenvalue weighted by atomic mass is 16.3. The van der Waals surface area contributed by atoms with Crippen LogP contribution in [0.4, 0.5) is 0 Å². The Morgan fingerprint density at radius 3 is 2.50 bits per heavy atom. The van der Waals surface area contributed by atoms with Crippen LogP contribution in [0.2, 0.25) is 0 Å². The number of hydrogen-bond donors (Lipinski definition) is 2. The molecule has 24 heavy (non-hydrogen) atoms. The van der Waals surface area contributed by atoms with Crippen LogP contribution in [0, 0.1) is 34.5 Å². The van der Waals surface area contributed by atoms with Crippen molar-refractivity contribution in [3.8, 4) is 0 Å². The predicted octanol–water partition coefficient (Wildman–Crippen LogP) is 2.50. The summed E-state index contributed by atoms with van der Waals surface area (Å²) in [5.74, 6) is 1.14. The summed E-state index contributed by atoms with van der Waals surface area (Å²) in [6.45, 7) is 4.19. The number of hydrogen-bond acceptors (Lipinski definition) is 4. The van der Waals surface area contributed by atoms with E-state index in [-0.39, 0.29) is 40.8 Å². The largest absolute Gasteiger partial charge is 0.393 e. The molecule has 4 nitrogen and oxygen atoms in total. The maximum atomic E-state index is 13.2. The highest BCUT2D eigenvalue weighted by Crippen LogP contribution is 2.63. The molecule has 0 heterocycles. The average Bonchev–Trinajstić information content (AvgIpc) is 2.52. The molecule has 0 aliphatic heterocycles. The monoisotopic (exact) mass is 334 g/mol. The fourth-order valence-electron chi connectivity index (χ4n) is 7.07. The van der Waals surface area contributed by atoms with Crippen molar-refractivity contribution >= 4 is 11.6 Å². The van der Waals surface area contributed by atoms with Gasteiger partial charge in [-0.05, 0) is 68.1 Å². The van der Waals surface area contributed by atoms with Crippen LogP contribution in [-0.4, -0.2) is 34.0 Å². The third kappa shape index (κ3) is 2.11. The molecule has 0 aromatic rings. The zero-order valence-corrected chi connectivity index (χ0v) is 14.8. The highest BCUT2D eigenvalue weighted by Gasteiger charge is 2.63. The Bertz CT molecular complexity index is 572. The van der Waals surface area contributed by atoms with Gasteiger partial charge in [-0.25, -0.2) is 0 Å². The molecule has 0 spiro atoms. The van der Waals surface area contributed by atoms with Crippen LogP contribution in [0.5, 0.6) is 0 Å². The zero-order chi connectivity index (χ0) is 17.3. The molecule has 134 valence electrons. The first kappa shape index (κ1) is 16.7. The first-order valence-electron chi connectivity index (χ1n) is 9.70. The second-order valence-corrected chi connectivity index (χ2v) is 9.47. The average molecular weight is 334 g/mol. The Balaban J connectivity index is 1.70. The first-order chi connectivity index (χ1) is 11.3. The Hall–Kier alpha value is -0.740. The third-order valence-corrected chi connectivity index (χ3v) is 8.33. The van der Waals surface area contributed by atoms with Crippen molar-refractivity contribution in [2.75, 3.05) is 0 Å². The molecule has 4 saturated carbocycles. The maximum absolute atomic E-state index is 13.2. The lowest BCUT2D eigenvalue weighted by Crippen LogP contribution is -2.61. The molecule has 0 bridgehead atoms. The predicted molar refractivity (Wildman–Crippen MR) is 89.1 cm³/mol. The fraction of sp³-hybridized carbons (Fsp3) is 0.900. The summed E-state index contributed by atoms with van der Waals surface area (Å²) in [5.41, 5.74) is -0.674. The van der Waals surface area contributed by atoms with Crippen LogP contribution in [0.1, 0.15) is 65.2 Å². The molecular weight excluding hydrogens is 304 g/mol. The van der Waals surface area contributed by atoms with Crippen LogP contribution in [0.3, 0.4) is 0 Å². The second-order valence-electron chi connectivity index (χ2n) is 9.47. The molecule has 0 aromatic heterocycles. The number of carbonyl (C=O) groups excluding carboxylic acids is 2. The lowest BCUT2D eigenvalue weighted by Gasteiger charge is -2.61. The van der Waals surface area contributed by atoms with Gasteiger partial charge in [0.1, 0.15) is 11.9 Å². The van der Waals surface area contributed by atoms with Crippen LogP contribution in [0.15, 0.2) is 0 Å². The first-order valence-corrected chi connectivity index (χ1v) is 9.70. The quantitative estimate of drug-likeness (QED) is 0.714. The van der Waals surface area contributed by atoms with Crippen molar-refractivity contribution in [3.05, 3.63) is 0 Å². The van der Waals surface area contributed by atoms with Crippen LogP contribution in [-0.2, 0) is 9.59 Å². The van der Waals surface area contributed by atoms with E-state index < -0.39 is 11.5 Å². The van der Waals surface area contributed by atoms with Gasteiger partial charge in [0, 0.05) is 17.8 Å². The van der Waals surface area contributed by atoms with E-state index in [4.69, 9.17) is 0 Å². The number of fused-ring (bicyclic) bond motifs is 5. The molecule has 4 aliphatic rings. The molecule has 0 radical (unpaired) electrons. The second kappa shape index (κ2) is 5.38. The minimum atomic E-state index is -0.882. The maximum Gasteiger partial charge on any atom is 0.167 e. The standard InChI is InChI=1S/C20H30O4/c1-19-8-7-12(21)9-11(19)3-4-13-14-5-6-15(22)18(24)20(14,2)10-16(23)17(13)19/h11-15,17,21-22H,3-10H2,1-2H3/t11-,12+,13-,14+,15-,17+,19-,20+/m0/s1. The summed E-state index contributed by atoms with van der Waals surface area (Å²) >= 11 is 0. The van der Waals surface area contributed by atoms with Crippen molar-refractivity contribution in [1.82, 2.24) is 0 Å². The summed E-state index contributed by atoms with van der Waals surface area (Å²) < 4.78 is 0. The Labute approximate surface area is 144 Å². The Morgan fingerprint density at radius 1 is 1.00 bits per heavy atom. The summed E-state index contributed by atoms with van der Waals surface area (Å²) in [4.78, 5) is 25.9.